The van der Waals surface area contributed by atoms with E-state index in [4.69, 9.17) is 16.3 Å². The average Bonchev–Trinajstić information content (AvgIpc) is 2.47. The maximum absolute atomic E-state index is 11.7. The van der Waals surface area contributed by atoms with E-state index in [1.165, 1.54) is 11.6 Å². The van der Waals surface area contributed by atoms with Crippen molar-refractivity contribution in [3.63, 3.8) is 0 Å². The van der Waals surface area contributed by atoms with Crippen LogP contribution in [0, 0.1) is 0 Å². The van der Waals surface area contributed by atoms with Crippen molar-refractivity contribution in [2.24, 2.45) is 0 Å². The lowest BCUT2D eigenvalue weighted by atomic mass is 10.0. The number of hydrogen-bond acceptors (Lipinski definition) is 2. The maximum atomic E-state index is 11.7. The number of carbonyl (C=O) groups excluding carboxylic acids is 1. The highest BCUT2D eigenvalue weighted by atomic mass is 35.5. The van der Waals surface area contributed by atoms with E-state index >= 15 is 0 Å². The Kier molecular flexibility index (Phi) is 5.18. The van der Waals surface area contributed by atoms with Crippen LogP contribution in [0.2, 0.25) is 5.02 Å². The van der Waals surface area contributed by atoms with E-state index in [0.717, 1.165) is 5.56 Å². The van der Waals surface area contributed by atoms with Crippen molar-refractivity contribution in [2.75, 3.05) is 0 Å². The Bertz CT molecular complexity index is 625. The summed E-state index contributed by atoms with van der Waals surface area (Å²) < 4.78 is 5.24. The van der Waals surface area contributed by atoms with Crippen molar-refractivity contribution < 1.29 is 9.53 Å². The number of carbonyl (C=O) groups is 1. The van der Waals surface area contributed by atoms with Gasteiger partial charge in [0.2, 0.25) is 0 Å². The van der Waals surface area contributed by atoms with Crippen LogP contribution in [0.3, 0.4) is 0 Å². The highest BCUT2D eigenvalue weighted by molar-refractivity contribution is 6.30. The molecule has 0 radical (unpaired) electrons. The second kappa shape index (κ2) is 7.09. The van der Waals surface area contributed by atoms with Gasteiger partial charge < -0.3 is 4.74 Å². The van der Waals surface area contributed by atoms with Crippen LogP contribution in [0.25, 0.3) is 6.08 Å². The van der Waals surface area contributed by atoms with Crippen LogP contribution in [0.5, 0.6) is 5.75 Å². The van der Waals surface area contributed by atoms with Crippen LogP contribution in [-0.4, -0.2) is 5.97 Å². The zero-order valence-corrected chi connectivity index (χ0v) is 12.8. The van der Waals surface area contributed by atoms with Crippen molar-refractivity contribution >= 4 is 23.6 Å². The van der Waals surface area contributed by atoms with Crippen molar-refractivity contribution in [1.82, 2.24) is 0 Å². The van der Waals surface area contributed by atoms with Gasteiger partial charge in [0.15, 0.2) is 0 Å². The van der Waals surface area contributed by atoms with Crippen LogP contribution in [-0.2, 0) is 4.79 Å². The van der Waals surface area contributed by atoms with Gasteiger partial charge in [-0.05, 0) is 47.4 Å². The van der Waals surface area contributed by atoms with Gasteiger partial charge in [0.1, 0.15) is 5.75 Å². The number of hydrogen-bond donors (Lipinski definition) is 0. The van der Waals surface area contributed by atoms with Gasteiger partial charge in [0.05, 0.1) is 0 Å². The second-order valence-electron chi connectivity index (χ2n) is 5.03. The standard InChI is InChI=1S/C18H17ClO2/c1-13(2)15-6-10-17(11-7-15)21-18(20)12-5-14-3-8-16(19)9-4-14/h3-13H,1-2H3/b12-5+. The molecule has 0 spiro atoms. The smallest absolute Gasteiger partial charge is 0.336 e. The molecule has 0 bridgehead atoms. The summed E-state index contributed by atoms with van der Waals surface area (Å²) >= 11 is 5.80. The van der Waals surface area contributed by atoms with E-state index in [1.807, 2.05) is 36.4 Å². The van der Waals surface area contributed by atoms with Crippen molar-refractivity contribution in [3.05, 3.63) is 70.8 Å². The quantitative estimate of drug-likeness (QED) is 0.447. The van der Waals surface area contributed by atoms with Crippen molar-refractivity contribution in [1.29, 1.82) is 0 Å². The zero-order valence-electron chi connectivity index (χ0n) is 12.0. The van der Waals surface area contributed by atoms with Gasteiger partial charge in [0, 0.05) is 11.1 Å². The molecule has 0 unspecified atom stereocenters. The average molecular weight is 301 g/mol. The van der Waals surface area contributed by atoms with Gasteiger partial charge in [-0.2, -0.15) is 0 Å². The minimum absolute atomic E-state index is 0.401. The fourth-order valence-corrected chi connectivity index (χ4v) is 1.94. The molecule has 0 aliphatic carbocycles. The number of halogens is 1. The molecular formula is C18H17ClO2. The molecule has 0 aliphatic heterocycles. The van der Waals surface area contributed by atoms with E-state index in [1.54, 1.807) is 18.2 Å². The number of rotatable bonds is 4. The van der Waals surface area contributed by atoms with Gasteiger partial charge in [-0.25, -0.2) is 4.79 Å². The topological polar surface area (TPSA) is 26.3 Å². The Morgan fingerprint density at radius 3 is 2.24 bits per heavy atom. The predicted molar refractivity (Wildman–Crippen MR) is 86.7 cm³/mol. The molecule has 0 saturated heterocycles. The van der Waals surface area contributed by atoms with Crippen LogP contribution in [0.4, 0.5) is 0 Å². The molecule has 2 aromatic rings. The Morgan fingerprint density at radius 1 is 1.05 bits per heavy atom. The summed E-state index contributed by atoms with van der Waals surface area (Å²) in [5.41, 5.74) is 2.11. The fraction of sp³-hybridized carbons (Fsp3) is 0.167. The highest BCUT2D eigenvalue weighted by Crippen LogP contribution is 2.19. The SMILES string of the molecule is CC(C)c1ccc(OC(=O)/C=C/c2ccc(Cl)cc2)cc1. The number of ether oxygens (including phenoxy) is 1. The van der Waals surface area contributed by atoms with Crippen LogP contribution < -0.4 is 4.74 Å². The van der Waals surface area contributed by atoms with Gasteiger partial charge in [0.25, 0.3) is 0 Å². The number of benzene rings is 2. The first-order valence-electron chi connectivity index (χ1n) is 6.80. The second-order valence-corrected chi connectivity index (χ2v) is 5.47. The minimum Gasteiger partial charge on any atom is -0.423 e. The first-order valence-corrected chi connectivity index (χ1v) is 7.18. The molecule has 0 fully saturated rings. The largest absolute Gasteiger partial charge is 0.423 e. The first kappa shape index (κ1) is 15.3. The van der Waals surface area contributed by atoms with Crippen LogP contribution in [0.15, 0.2) is 54.6 Å². The molecule has 0 N–H and O–H groups in total. The normalized spacial score (nSPS) is 11.0. The van der Waals surface area contributed by atoms with E-state index in [0.29, 0.717) is 16.7 Å². The van der Waals surface area contributed by atoms with Crippen molar-refractivity contribution in [2.45, 2.75) is 19.8 Å². The molecule has 2 aromatic carbocycles. The van der Waals surface area contributed by atoms with Crippen molar-refractivity contribution in [3.8, 4) is 5.75 Å². The lowest BCUT2D eigenvalue weighted by Gasteiger charge is -2.06. The summed E-state index contributed by atoms with van der Waals surface area (Å²) in [6.45, 7) is 4.24. The highest BCUT2D eigenvalue weighted by Gasteiger charge is 2.02. The van der Waals surface area contributed by atoms with Gasteiger partial charge in [-0.1, -0.05) is 49.7 Å². The summed E-state index contributed by atoms with van der Waals surface area (Å²) in [6, 6.07) is 14.8. The summed E-state index contributed by atoms with van der Waals surface area (Å²) in [5, 5.41) is 0.667. The summed E-state index contributed by atoms with van der Waals surface area (Å²) in [4.78, 5) is 11.7. The van der Waals surface area contributed by atoms with E-state index in [-0.39, 0.29) is 0 Å². The Balaban J connectivity index is 1.96. The molecule has 0 aromatic heterocycles. The molecule has 2 rings (SSSR count). The van der Waals surface area contributed by atoms with Crippen LogP contribution >= 0.6 is 11.6 Å². The van der Waals surface area contributed by atoms with E-state index < -0.39 is 5.97 Å². The summed E-state index contributed by atoms with van der Waals surface area (Å²) in [6.07, 6.45) is 3.10. The first-order chi connectivity index (χ1) is 10.0. The Morgan fingerprint density at radius 2 is 1.67 bits per heavy atom. The molecule has 21 heavy (non-hydrogen) atoms. The molecule has 0 atom stereocenters. The van der Waals surface area contributed by atoms with E-state index in [9.17, 15) is 4.79 Å². The monoisotopic (exact) mass is 300 g/mol. The molecule has 3 heteroatoms. The molecular weight excluding hydrogens is 284 g/mol. The molecule has 0 amide bonds. The zero-order chi connectivity index (χ0) is 15.2. The van der Waals surface area contributed by atoms with Crippen LogP contribution in [0.1, 0.15) is 30.9 Å². The molecule has 0 aliphatic rings. The third kappa shape index (κ3) is 4.76. The minimum atomic E-state index is -0.401. The van der Waals surface area contributed by atoms with E-state index in [2.05, 4.69) is 13.8 Å². The molecule has 108 valence electrons. The van der Waals surface area contributed by atoms with Gasteiger partial charge in [-0.3, -0.25) is 0 Å². The van der Waals surface area contributed by atoms with Gasteiger partial charge in [-0.15, -0.1) is 0 Å². The lowest BCUT2D eigenvalue weighted by Crippen LogP contribution is -2.03. The van der Waals surface area contributed by atoms with Gasteiger partial charge >= 0.3 is 5.97 Å². The Hall–Kier alpha value is -2.06. The lowest BCUT2D eigenvalue weighted by molar-refractivity contribution is -0.128. The molecule has 2 nitrogen and oxygen atoms in total. The molecule has 0 heterocycles. The fourth-order valence-electron chi connectivity index (χ4n) is 1.81. The Labute approximate surface area is 130 Å². The summed E-state index contributed by atoms with van der Waals surface area (Å²) in [5.74, 6) is 0.604. The third-order valence-electron chi connectivity index (χ3n) is 3.05. The predicted octanol–water partition coefficient (Wildman–Crippen LogP) is 5.08. The third-order valence-corrected chi connectivity index (χ3v) is 3.30. The maximum Gasteiger partial charge on any atom is 0.336 e. The molecule has 0 saturated carbocycles. The summed E-state index contributed by atoms with van der Waals surface area (Å²) in [7, 11) is 0. The number of esters is 1.